The first kappa shape index (κ1) is 19.9. The minimum Gasteiger partial charge on any atom is -0.354 e. The summed E-state index contributed by atoms with van der Waals surface area (Å²) in [5.41, 5.74) is 2.23. The van der Waals surface area contributed by atoms with Crippen LogP contribution in [0.4, 0.5) is 5.82 Å². The van der Waals surface area contributed by atoms with Gasteiger partial charge in [-0.05, 0) is 44.5 Å². The summed E-state index contributed by atoms with van der Waals surface area (Å²) in [7, 11) is 2.08. The Labute approximate surface area is 182 Å². The van der Waals surface area contributed by atoms with E-state index in [1.54, 1.807) is 18.6 Å². The molecule has 0 aliphatic carbocycles. The maximum atomic E-state index is 13.3. The number of fused-ring (bicyclic) bond motifs is 4. The number of piperidine rings is 1. The topological polar surface area (TPSA) is 72.1 Å². The fourth-order valence-electron chi connectivity index (χ4n) is 5.06. The van der Waals surface area contributed by atoms with E-state index in [-0.39, 0.29) is 5.56 Å². The minimum absolute atomic E-state index is 0.180. The van der Waals surface area contributed by atoms with E-state index in [4.69, 9.17) is 0 Å². The quantitative estimate of drug-likeness (QED) is 0.583. The Kier molecular flexibility index (Phi) is 5.55. The number of nitrogens with zero attached hydrogens (tertiary/aromatic N) is 7. The molecule has 0 saturated carbocycles. The zero-order valence-corrected chi connectivity index (χ0v) is 18.0. The monoisotopic (exact) mass is 419 g/mol. The standard InChI is InChI=1S/C23H29N7O/c1-27(9-3-11-29-10-2-6-26-29)16-19-4-5-21-20-12-18(15-30(21)23(19)31)14-28(17-20)22-13-24-7-8-25-22/h2,4-8,10,13,18,20H,3,9,11-12,14-17H2,1H3/t18-,20+/m0/s1. The van der Waals surface area contributed by atoms with Gasteiger partial charge in [0.15, 0.2) is 0 Å². The van der Waals surface area contributed by atoms with Gasteiger partial charge in [0.25, 0.3) is 5.56 Å². The Balaban J connectivity index is 1.26. The van der Waals surface area contributed by atoms with Crippen LogP contribution in [0.1, 0.15) is 30.0 Å². The lowest BCUT2D eigenvalue weighted by atomic mass is 9.83. The van der Waals surface area contributed by atoms with Crippen molar-refractivity contribution in [2.24, 2.45) is 5.92 Å². The van der Waals surface area contributed by atoms with Gasteiger partial charge in [-0.2, -0.15) is 5.10 Å². The molecule has 2 aliphatic heterocycles. The first-order valence-electron chi connectivity index (χ1n) is 11.1. The van der Waals surface area contributed by atoms with Crippen molar-refractivity contribution in [2.75, 3.05) is 31.6 Å². The van der Waals surface area contributed by atoms with E-state index in [0.717, 1.165) is 56.9 Å². The molecular formula is C23H29N7O. The summed E-state index contributed by atoms with van der Waals surface area (Å²) in [6, 6.07) is 6.16. The van der Waals surface area contributed by atoms with Crippen LogP contribution in [0.2, 0.25) is 0 Å². The van der Waals surface area contributed by atoms with Crippen LogP contribution in [0.5, 0.6) is 0 Å². The van der Waals surface area contributed by atoms with Crippen LogP contribution in [0.25, 0.3) is 0 Å². The molecule has 2 bridgehead atoms. The van der Waals surface area contributed by atoms with Gasteiger partial charge in [0.1, 0.15) is 5.82 Å². The highest BCUT2D eigenvalue weighted by molar-refractivity contribution is 5.38. The third kappa shape index (κ3) is 4.25. The highest BCUT2D eigenvalue weighted by atomic mass is 16.1. The van der Waals surface area contributed by atoms with Crippen molar-refractivity contribution in [2.45, 2.75) is 38.4 Å². The Morgan fingerprint density at radius 2 is 2.10 bits per heavy atom. The van der Waals surface area contributed by atoms with Crippen LogP contribution in [-0.4, -0.2) is 55.9 Å². The zero-order valence-electron chi connectivity index (χ0n) is 18.0. The van der Waals surface area contributed by atoms with Gasteiger partial charge < -0.3 is 14.4 Å². The van der Waals surface area contributed by atoms with Gasteiger partial charge in [0.2, 0.25) is 0 Å². The second kappa shape index (κ2) is 8.63. The van der Waals surface area contributed by atoms with Gasteiger partial charge in [-0.3, -0.25) is 14.5 Å². The maximum Gasteiger partial charge on any atom is 0.255 e. The molecule has 1 fully saturated rings. The van der Waals surface area contributed by atoms with E-state index in [2.05, 4.69) is 38.0 Å². The molecule has 8 heteroatoms. The number of pyridine rings is 1. The number of rotatable bonds is 7. The average Bonchev–Trinajstić information content (AvgIpc) is 3.30. The fraction of sp³-hybridized carbons (Fsp3) is 0.478. The lowest BCUT2D eigenvalue weighted by molar-refractivity contribution is 0.275. The molecule has 31 heavy (non-hydrogen) atoms. The van der Waals surface area contributed by atoms with Gasteiger partial charge in [-0.15, -0.1) is 0 Å². The Hall–Kier alpha value is -3.00. The van der Waals surface area contributed by atoms with Crippen molar-refractivity contribution in [1.82, 2.24) is 29.2 Å². The predicted molar refractivity (Wildman–Crippen MR) is 119 cm³/mol. The van der Waals surface area contributed by atoms with Crippen LogP contribution < -0.4 is 10.5 Å². The van der Waals surface area contributed by atoms with Crippen molar-refractivity contribution >= 4 is 5.82 Å². The predicted octanol–water partition coefficient (Wildman–Crippen LogP) is 1.98. The van der Waals surface area contributed by atoms with E-state index in [9.17, 15) is 4.79 Å². The van der Waals surface area contributed by atoms with Gasteiger partial charge in [-0.25, -0.2) is 4.98 Å². The summed E-state index contributed by atoms with van der Waals surface area (Å²) in [6.07, 6.45) is 11.2. The molecule has 1 saturated heterocycles. The Morgan fingerprint density at radius 3 is 2.90 bits per heavy atom. The van der Waals surface area contributed by atoms with Crippen molar-refractivity contribution < 1.29 is 0 Å². The van der Waals surface area contributed by atoms with Crippen LogP contribution in [-0.2, 0) is 19.6 Å². The van der Waals surface area contributed by atoms with Crippen molar-refractivity contribution in [3.8, 4) is 0 Å². The summed E-state index contributed by atoms with van der Waals surface area (Å²) in [5.74, 6) is 1.76. The molecule has 0 radical (unpaired) electrons. The van der Waals surface area contributed by atoms with Crippen molar-refractivity contribution in [3.05, 3.63) is 70.8 Å². The maximum absolute atomic E-state index is 13.3. The van der Waals surface area contributed by atoms with Crippen LogP contribution in [0, 0.1) is 5.92 Å². The molecule has 3 aromatic heterocycles. The Bertz CT molecular complexity index is 1060. The third-order valence-corrected chi connectivity index (χ3v) is 6.48. The SMILES string of the molecule is CN(CCCn1cccn1)Cc1ccc2n(c1=O)C[C@H]1C[C@@H]2CN(c2cnccn2)C1. The van der Waals surface area contributed by atoms with E-state index >= 15 is 0 Å². The molecule has 162 valence electrons. The lowest BCUT2D eigenvalue weighted by Crippen LogP contribution is -2.48. The molecule has 0 N–H and O–H groups in total. The Morgan fingerprint density at radius 1 is 1.16 bits per heavy atom. The smallest absolute Gasteiger partial charge is 0.255 e. The van der Waals surface area contributed by atoms with Crippen molar-refractivity contribution in [3.63, 3.8) is 0 Å². The van der Waals surface area contributed by atoms with Crippen molar-refractivity contribution in [1.29, 1.82) is 0 Å². The molecule has 0 aromatic carbocycles. The second-order valence-corrected chi connectivity index (χ2v) is 8.83. The number of anilines is 1. The highest BCUT2D eigenvalue weighted by Crippen LogP contribution is 2.36. The van der Waals surface area contributed by atoms with Gasteiger partial charge in [0, 0.05) is 74.7 Å². The van der Waals surface area contributed by atoms with E-state index in [0.29, 0.717) is 18.4 Å². The molecular weight excluding hydrogens is 390 g/mol. The van der Waals surface area contributed by atoms with E-state index in [1.807, 2.05) is 33.8 Å². The molecule has 0 unspecified atom stereocenters. The minimum atomic E-state index is 0.180. The normalized spacial score (nSPS) is 20.1. The van der Waals surface area contributed by atoms with E-state index in [1.165, 1.54) is 5.69 Å². The summed E-state index contributed by atoms with van der Waals surface area (Å²) >= 11 is 0. The summed E-state index contributed by atoms with van der Waals surface area (Å²) in [5, 5.41) is 4.25. The van der Waals surface area contributed by atoms with Crippen LogP contribution in [0.15, 0.2) is 54.0 Å². The second-order valence-electron chi connectivity index (χ2n) is 8.83. The summed E-state index contributed by atoms with van der Waals surface area (Å²) in [6.45, 7) is 5.11. The first-order valence-corrected chi connectivity index (χ1v) is 11.1. The van der Waals surface area contributed by atoms with Crippen LogP contribution in [0.3, 0.4) is 0 Å². The molecule has 3 aromatic rings. The summed E-state index contributed by atoms with van der Waals surface area (Å²) < 4.78 is 3.99. The number of hydrogen-bond donors (Lipinski definition) is 0. The molecule has 5 heterocycles. The molecule has 8 nitrogen and oxygen atoms in total. The van der Waals surface area contributed by atoms with Crippen LogP contribution >= 0.6 is 0 Å². The summed E-state index contributed by atoms with van der Waals surface area (Å²) in [4.78, 5) is 26.5. The molecule has 5 rings (SSSR count). The van der Waals surface area contributed by atoms with E-state index < -0.39 is 0 Å². The highest BCUT2D eigenvalue weighted by Gasteiger charge is 2.35. The number of hydrogen-bond acceptors (Lipinski definition) is 6. The average molecular weight is 420 g/mol. The molecule has 2 atom stereocenters. The number of aryl methyl sites for hydroxylation is 1. The molecule has 0 amide bonds. The van der Waals surface area contributed by atoms with Gasteiger partial charge >= 0.3 is 0 Å². The zero-order chi connectivity index (χ0) is 21.2. The molecule has 0 spiro atoms. The lowest BCUT2D eigenvalue weighted by Gasteiger charge is -2.43. The largest absolute Gasteiger partial charge is 0.354 e. The third-order valence-electron chi connectivity index (χ3n) is 6.48. The van der Waals surface area contributed by atoms with Gasteiger partial charge in [-0.1, -0.05) is 6.07 Å². The number of aromatic nitrogens is 5. The first-order chi connectivity index (χ1) is 15.2. The molecule has 2 aliphatic rings. The fourth-order valence-corrected chi connectivity index (χ4v) is 5.06. The van der Waals surface area contributed by atoms with Gasteiger partial charge in [0.05, 0.1) is 6.20 Å².